The Hall–Kier alpha value is -10.5. The molecule has 786 valence electrons. The van der Waals surface area contributed by atoms with Gasteiger partial charge in [0.05, 0.1) is 153 Å². The number of hydrogen-bond acceptors (Lipinski definition) is 26. The zero-order valence-corrected chi connectivity index (χ0v) is 85.2. The van der Waals surface area contributed by atoms with Crippen molar-refractivity contribution in [2.45, 2.75) is 244 Å². The summed E-state index contributed by atoms with van der Waals surface area (Å²) in [5.74, 6) is 5.86. The number of unbranched alkanes of at least 4 members (excludes halogenated alkanes) is 1. The van der Waals surface area contributed by atoms with E-state index in [0.717, 1.165) is 85.6 Å². The van der Waals surface area contributed by atoms with Gasteiger partial charge in [-0.15, -0.1) is 0 Å². The van der Waals surface area contributed by atoms with Crippen LogP contribution in [0.4, 0.5) is 11.4 Å². The van der Waals surface area contributed by atoms with E-state index in [9.17, 15) is 66.3 Å². The summed E-state index contributed by atoms with van der Waals surface area (Å²) in [5.41, 5.74) is 8.28. The van der Waals surface area contributed by atoms with Gasteiger partial charge in [0.2, 0.25) is 65.0 Å². The van der Waals surface area contributed by atoms with Crippen molar-refractivity contribution < 1.29 is 113 Å². The number of nitrogens with two attached hydrogens (primary N) is 1. The number of nitrogens with zero attached hydrogens (tertiary/aromatic N) is 3. The minimum Gasteiger partial charge on any atom is -0.394 e. The number of fused-ring (bicyclic) bond motifs is 8. The lowest BCUT2D eigenvalue weighted by Crippen LogP contribution is -2.60. The van der Waals surface area contributed by atoms with E-state index in [1.54, 1.807) is 24.8 Å². The molecule has 0 aromatic heterocycles. The lowest BCUT2D eigenvalue weighted by molar-refractivity contribution is -0.150. The summed E-state index contributed by atoms with van der Waals surface area (Å²) in [6, 6.07) is 22.3. The first-order valence-electron chi connectivity index (χ1n) is 50.7. The molecule has 37 nitrogen and oxygen atoms in total. The zero-order chi connectivity index (χ0) is 103. The molecule has 4 aromatic rings. The van der Waals surface area contributed by atoms with E-state index in [-0.39, 0.29) is 179 Å². The van der Waals surface area contributed by atoms with Gasteiger partial charge in [0.25, 0.3) is 10.1 Å². The third-order valence-corrected chi connectivity index (χ3v) is 29.1. The van der Waals surface area contributed by atoms with Gasteiger partial charge in [0, 0.05) is 62.1 Å². The van der Waals surface area contributed by atoms with Gasteiger partial charge in [0.1, 0.15) is 42.6 Å². The summed E-state index contributed by atoms with van der Waals surface area (Å²) in [6.45, 7) is 18.8. The van der Waals surface area contributed by atoms with Gasteiger partial charge in [-0.25, -0.2) is 0 Å². The molecule has 10 rings (SSSR count). The highest BCUT2D eigenvalue weighted by Gasteiger charge is 2.59. The van der Waals surface area contributed by atoms with E-state index >= 15 is 0 Å². The average Bonchev–Trinajstić information content (AvgIpc) is 0.717. The third-order valence-electron chi connectivity index (χ3n) is 28.4. The summed E-state index contributed by atoms with van der Waals surface area (Å²) in [4.78, 5) is 158. The number of imide groups is 1. The van der Waals surface area contributed by atoms with Crippen molar-refractivity contribution in [3.8, 4) is 11.8 Å². The first-order valence-corrected chi connectivity index (χ1v) is 52.3. The van der Waals surface area contributed by atoms with Crippen LogP contribution in [0.25, 0.3) is 0 Å². The molecule has 4 aromatic carbocycles. The van der Waals surface area contributed by atoms with Crippen molar-refractivity contribution in [2.24, 2.45) is 44.5 Å². The summed E-state index contributed by atoms with van der Waals surface area (Å²) in [6.07, 6.45) is 11.4. The van der Waals surface area contributed by atoms with Crippen molar-refractivity contribution in [1.29, 1.82) is 0 Å². The molecule has 0 spiro atoms. The van der Waals surface area contributed by atoms with Crippen LogP contribution in [0.15, 0.2) is 95.0 Å². The molecule has 11 atom stereocenters. The van der Waals surface area contributed by atoms with E-state index in [1.165, 1.54) is 23.6 Å². The van der Waals surface area contributed by atoms with E-state index < -0.39 is 116 Å². The van der Waals surface area contributed by atoms with E-state index in [4.69, 9.17) is 58.0 Å². The third kappa shape index (κ3) is 34.3. The van der Waals surface area contributed by atoms with Crippen LogP contribution < -0.4 is 58.6 Å². The molecular weight excluding hydrogens is 1860 g/mol. The van der Waals surface area contributed by atoms with Gasteiger partial charge in [-0.2, -0.15) is 13.5 Å². The number of aliphatic hydroxyl groups is 1. The number of nitrogens with one attached hydrogen (secondary N) is 9. The molecule has 3 saturated carbocycles. The Morgan fingerprint density at radius 2 is 1.07 bits per heavy atom. The van der Waals surface area contributed by atoms with Gasteiger partial charge in [-0.1, -0.05) is 139 Å². The zero-order valence-electron chi connectivity index (χ0n) is 84.4. The van der Waals surface area contributed by atoms with Crippen molar-refractivity contribution in [2.75, 3.05) is 161 Å². The number of anilines is 2. The number of carbonyl (C=O) groups excluding carboxylic acids is 11. The van der Waals surface area contributed by atoms with Crippen molar-refractivity contribution in [3.05, 3.63) is 129 Å². The van der Waals surface area contributed by atoms with Crippen LogP contribution in [-0.4, -0.2) is 276 Å². The molecule has 13 N–H and O–H groups in total. The van der Waals surface area contributed by atoms with Crippen molar-refractivity contribution >= 4 is 97.9 Å². The SMILES string of the molecule is Cc1ccc2c(c1)[C@@]1(C)CCC[C@](C)(C(=O)NC(=O)[C@@]3(C)CCC[C@]4(C)c5cc(NC(=O)[C@H](CO)NC(=O)[C@H](C)NC(=O)[C@@H](NC(=O)[C@@H](CCCCNC(=O)COC6CCCCCC(=NCCOCCOCCOCCOCCC(=O)NCCS(=O)(=O)O)C6=NN)NC(=O)CCOCCOCCOCCOCCNC(=O)CCC(=O)N6Cc7ccccc7C#Cc7ccccc76)C(C)C)ccc5CC[C@@H]34)[C@@H]1CC2. The number of rotatable bonds is 57. The predicted octanol–water partition coefficient (Wildman–Crippen LogP) is 7.06. The van der Waals surface area contributed by atoms with Gasteiger partial charge in [0.15, 0.2) is 0 Å². The Morgan fingerprint density at radius 1 is 0.517 bits per heavy atom. The maximum absolute atomic E-state index is 15.0. The maximum Gasteiger partial charge on any atom is 0.266 e. The largest absolute Gasteiger partial charge is 0.394 e. The number of aryl methyl sites for hydroxylation is 3. The highest BCUT2D eigenvalue weighted by molar-refractivity contribution is 7.85. The normalized spacial score (nSPS) is 21.6. The second-order valence-electron chi connectivity index (χ2n) is 39.1. The second kappa shape index (κ2) is 57.4. The number of amides is 11. The Morgan fingerprint density at radius 3 is 1.69 bits per heavy atom. The fraction of sp³-hybridized carbons (Fsp3) is 0.629. The molecule has 0 bridgehead atoms. The van der Waals surface area contributed by atoms with Crippen molar-refractivity contribution in [1.82, 2.24) is 42.5 Å². The second-order valence-corrected chi connectivity index (χ2v) is 40.6. The predicted molar refractivity (Wildman–Crippen MR) is 538 cm³/mol. The number of benzene rings is 4. The van der Waals surface area contributed by atoms with E-state index in [2.05, 4.69) is 111 Å². The molecule has 6 aliphatic rings. The van der Waals surface area contributed by atoms with Gasteiger partial charge >= 0.3 is 0 Å². The molecule has 5 aliphatic carbocycles. The van der Waals surface area contributed by atoms with Crippen LogP contribution in [0.5, 0.6) is 0 Å². The van der Waals surface area contributed by atoms with E-state index in [1.807, 2.05) is 67.6 Å². The molecule has 11 amide bonds. The first-order chi connectivity index (χ1) is 68.7. The van der Waals surface area contributed by atoms with E-state index in [0.29, 0.717) is 114 Å². The van der Waals surface area contributed by atoms with Crippen molar-refractivity contribution in [3.63, 3.8) is 0 Å². The quantitative estimate of drug-likeness (QED) is 0.00525. The van der Waals surface area contributed by atoms with Crippen LogP contribution in [0.3, 0.4) is 0 Å². The van der Waals surface area contributed by atoms with Gasteiger partial charge in [-0.05, 0) is 190 Å². The molecule has 38 heteroatoms. The standard InChI is InChI=1S/C105H151N13O24S/c1-71(2)94(99(128)111-73(4)96(125)114-84(69-119)98(127)112-79-34-31-76-33-36-88-103(6,81(76)67-79)42-19-44-105(88,8)101(130)116-100(129)104(7)43-18-41-102(5)80-66-72(3)27-28-75(80)32-35-87(102)104)115-97(126)83(113-91(122)40-50-135-54-58-139-62-64-141-60-56-137-52-47-109-89(120)37-38-93(124)118-68-78-22-13-12-20-74(78)29-30-77-21-14-15-25-85(77)118)24-16-17-45-108-92(123)70-142-86-26-11-9-10-23-82(95(86)117-106)107-46-51-136-55-59-140-63-61-138-57-53-134-49-39-90(121)110-48-65-143(131,132)133/h12-15,20-22,25,27-28,31,34,66-67,71,73,83-84,86-88,94,119H,9-11,16-19,23-24,26,32-33,35-65,68-70,106H2,1-8H3,(H,108,123)(H,109,120)(H,110,121)(H,111,128)(H,112,127)(H,113,122)(H,114,125)(H,115,126)(H,116,129,130)(H,131,132,133)/t73-,83+,84-,86?,87+,88+,94-,102+,103+,104-,105-/m0/s1. The van der Waals surface area contributed by atoms with Gasteiger partial charge < -0.3 is 101 Å². The smallest absolute Gasteiger partial charge is 0.266 e. The minimum atomic E-state index is -4.16. The monoisotopic (exact) mass is 2010 g/mol. The number of aliphatic imine (C=N–C) groups is 1. The number of aliphatic hydroxyl groups excluding tert-OH is 1. The molecule has 1 heterocycles. The highest BCUT2D eigenvalue weighted by Crippen LogP contribution is 2.60. The Kier molecular flexibility index (Phi) is 45.9. The summed E-state index contributed by atoms with van der Waals surface area (Å²) >= 11 is 0. The summed E-state index contributed by atoms with van der Waals surface area (Å²) in [7, 11) is -4.16. The molecule has 0 radical (unpaired) electrons. The summed E-state index contributed by atoms with van der Waals surface area (Å²) < 4.78 is 81.4. The minimum absolute atomic E-state index is 0.00377. The molecule has 1 unspecified atom stereocenters. The van der Waals surface area contributed by atoms with Gasteiger partial charge in [-0.3, -0.25) is 67.6 Å². The molecule has 3 fully saturated rings. The molecular formula is C105H151N13O24S. The number of para-hydroxylation sites is 1. The molecule has 0 saturated heterocycles. The Bertz CT molecular complexity index is 5200. The van der Waals surface area contributed by atoms with Crippen LogP contribution in [0.2, 0.25) is 0 Å². The first kappa shape index (κ1) is 114. The lowest BCUT2D eigenvalue weighted by atomic mass is 9.49. The maximum atomic E-state index is 15.0. The number of carbonyl (C=O) groups is 11. The molecule has 143 heavy (non-hydrogen) atoms. The fourth-order valence-electron chi connectivity index (χ4n) is 20.5. The summed E-state index contributed by atoms with van der Waals surface area (Å²) in [5, 5.41) is 39.6. The van der Waals surface area contributed by atoms with Crippen LogP contribution in [0.1, 0.15) is 221 Å². The van der Waals surface area contributed by atoms with Crippen LogP contribution >= 0.6 is 0 Å². The van der Waals surface area contributed by atoms with Crippen LogP contribution in [0, 0.1) is 47.3 Å². The number of hydrazone groups is 1. The Labute approximate surface area is 840 Å². The van der Waals surface area contributed by atoms with Crippen LogP contribution in [-0.2, 0) is 136 Å². The Balaban J connectivity index is 0.654. The average molecular weight is 2010 g/mol. The topological polar surface area (TPSA) is 508 Å². The lowest BCUT2D eigenvalue weighted by Gasteiger charge is -2.56. The number of ether oxygens (including phenoxy) is 9. The highest BCUT2D eigenvalue weighted by atomic mass is 32.2. The molecule has 1 aliphatic heterocycles. The fourth-order valence-corrected chi connectivity index (χ4v) is 20.9. The number of hydrogen-bond donors (Lipinski definition) is 12.